The molecule has 1 aliphatic rings. The molecule has 1 saturated heterocycles. The zero-order valence-electron chi connectivity index (χ0n) is 16.9. The molecule has 0 aromatic heterocycles. The molecule has 1 fully saturated rings. The number of ether oxygens (including phenoxy) is 2. The predicted molar refractivity (Wildman–Crippen MR) is 114 cm³/mol. The summed E-state index contributed by atoms with van der Waals surface area (Å²) in [6.45, 7) is 2.06. The molecule has 1 unspecified atom stereocenters. The maximum Gasteiger partial charge on any atom is 0.251 e. The van der Waals surface area contributed by atoms with E-state index in [2.05, 4.69) is 10.0 Å². The van der Waals surface area contributed by atoms with E-state index in [9.17, 15) is 13.2 Å². The molecule has 1 amide bonds. The SMILES string of the molecule is O=C(NCCCCOc1ccccc1)c1ccc(S(=O)(=O)NCC2CCCO2)cc1. The number of hydrogen-bond donors (Lipinski definition) is 2. The number of amides is 1. The van der Waals surface area contributed by atoms with Crippen LogP contribution in [0.2, 0.25) is 0 Å². The van der Waals surface area contributed by atoms with Crippen LogP contribution in [0.5, 0.6) is 5.75 Å². The molecule has 2 aromatic carbocycles. The van der Waals surface area contributed by atoms with Crippen LogP contribution in [0.1, 0.15) is 36.0 Å². The normalized spacial score (nSPS) is 16.3. The number of para-hydroxylation sites is 1. The average Bonchev–Trinajstić information content (AvgIpc) is 3.29. The van der Waals surface area contributed by atoms with Gasteiger partial charge in [0.25, 0.3) is 5.91 Å². The molecular weight excluding hydrogens is 404 g/mol. The standard InChI is InChI=1S/C22H28N2O5S/c25-22(23-14-4-5-15-28-19-7-2-1-3-8-19)18-10-12-21(13-11-18)30(26,27)24-17-20-9-6-16-29-20/h1-3,7-8,10-13,20,24H,4-6,9,14-17H2,(H,23,25). The van der Waals surface area contributed by atoms with Gasteiger partial charge in [0.05, 0.1) is 17.6 Å². The quantitative estimate of drug-likeness (QED) is 0.533. The Hall–Kier alpha value is -2.42. The van der Waals surface area contributed by atoms with Crippen molar-refractivity contribution < 1.29 is 22.7 Å². The van der Waals surface area contributed by atoms with E-state index in [1.165, 1.54) is 24.3 Å². The van der Waals surface area contributed by atoms with Crippen molar-refractivity contribution in [1.29, 1.82) is 0 Å². The summed E-state index contributed by atoms with van der Waals surface area (Å²) in [4.78, 5) is 12.4. The second kappa shape index (κ2) is 11.1. The lowest BCUT2D eigenvalue weighted by Crippen LogP contribution is -2.32. The predicted octanol–water partition coefficient (Wildman–Crippen LogP) is 2.73. The fourth-order valence-corrected chi connectivity index (χ4v) is 4.18. The minimum atomic E-state index is -3.62. The molecule has 30 heavy (non-hydrogen) atoms. The van der Waals surface area contributed by atoms with Crippen LogP contribution in [0.15, 0.2) is 59.5 Å². The summed E-state index contributed by atoms with van der Waals surface area (Å²) in [7, 11) is -3.62. The third-order valence-electron chi connectivity index (χ3n) is 4.82. The highest BCUT2D eigenvalue weighted by atomic mass is 32.2. The van der Waals surface area contributed by atoms with E-state index < -0.39 is 10.0 Å². The molecule has 0 bridgehead atoms. The summed E-state index contributed by atoms with van der Waals surface area (Å²) in [6, 6.07) is 15.5. The molecule has 0 aliphatic carbocycles. The molecule has 1 atom stereocenters. The Labute approximate surface area is 177 Å². The van der Waals surface area contributed by atoms with E-state index >= 15 is 0 Å². The van der Waals surface area contributed by atoms with E-state index in [1.807, 2.05) is 30.3 Å². The number of carbonyl (C=O) groups is 1. The fourth-order valence-electron chi connectivity index (χ4n) is 3.11. The maximum absolute atomic E-state index is 12.4. The third-order valence-corrected chi connectivity index (χ3v) is 6.26. The molecule has 3 rings (SSSR count). The second-order valence-electron chi connectivity index (χ2n) is 7.14. The van der Waals surface area contributed by atoms with Gasteiger partial charge in [0, 0.05) is 25.3 Å². The molecule has 8 heteroatoms. The average molecular weight is 433 g/mol. The van der Waals surface area contributed by atoms with Crippen molar-refractivity contribution >= 4 is 15.9 Å². The largest absolute Gasteiger partial charge is 0.494 e. The van der Waals surface area contributed by atoms with Gasteiger partial charge in [-0.3, -0.25) is 4.79 Å². The smallest absolute Gasteiger partial charge is 0.251 e. The molecule has 2 aromatic rings. The molecule has 1 heterocycles. The number of nitrogens with one attached hydrogen (secondary N) is 2. The first-order valence-corrected chi connectivity index (χ1v) is 11.7. The van der Waals surface area contributed by atoms with Crippen molar-refractivity contribution in [3.8, 4) is 5.75 Å². The van der Waals surface area contributed by atoms with Gasteiger partial charge in [-0.15, -0.1) is 0 Å². The second-order valence-corrected chi connectivity index (χ2v) is 8.90. The number of unbranched alkanes of at least 4 members (excludes halogenated alkanes) is 1. The molecule has 2 N–H and O–H groups in total. The van der Waals surface area contributed by atoms with Crippen LogP contribution in [-0.4, -0.2) is 46.7 Å². The molecule has 1 aliphatic heterocycles. The summed E-state index contributed by atoms with van der Waals surface area (Å²) in [5.41, 5.74) is 0.425. The fraction of sp³-hybridized carbons (Fsp3) is 0.409. The highest BCUT2D eigenvalue weighted by Crippen LogP contribution is 2.14. The van der Waals surface area contributed by atoms with Gasteiger partial charge in [-0.05, 0) is 62.1 Å². The first-order chi connectivity index (χ1) is 14.5. The molecule has 7 nitrogen and oxygen atoms in total. The van der Waals surface area contributed by atoms with Crippen LogP contribution in [0.3, 0.4) is 0 Å². The number of benzene rings is 2. The Morgan fingerprint density at radius 3 is 2.53 bits per heavy atom. The van der Waals surface area contributed by atoms with Gasteiger partial charge in [-0.1, -0.05) is 18.2 Å². The maximum atomic E-state index is 12.4. The number of carbonyl (C=O) groups excluding carboxylic acids is 1. The lowest BCUT2D eigenvalue weighted by Gasteiger charge is -2.12. The lowest BCUT2D eigenvalue weighted by molar-refractivity contribution is 0.0952. The summed E-state index contributed by atoms with van der Waals surface area (Å²) in [6.07, 6.45) is 3.36. The van der Waals surface area contributed by atoms with Gasteiger partial charge in [-0.25, -0.2) is 13.1 Å². The van der Waals surface area contributed by atoms with Crippen molar-refractivity contribution in [1.82, 2.24) is 10.0 Å². The van der Waals surface area contributed by atoms with Crippen LogP contribution in [-0.2, 0) is 14.8 Å². The van der Waals surface area contributed by atoms with Crippen LogP contribution in [0.4, 0.5) is 0 Å². The van der Waals surface area contributed by atoms with Gasteiger partial charge in [0.15, 0.2) is 0 Å². The van der Waals surface area contributed by atoms with Crippen molar-refractivity contribution in [2.75, 3.05) is 26.3 Å². The Bertz CT molecular complexity index is 895. The van der Waals surface area contributed by atoms with Crippen LogP contribution < -0.4 is 14.8 Å². The highest BCUT2D eigenvalue weighted by molar-refractivity contribution is 7.89. The summed E-state index contributed by atoms with van der Waals surface area (Å²) in [5, 5.41) is 2.84. The summed E-state index contributed by atoms with van der Waals surface area (Å²) in [5.74, 6) is 0.608. The third kappa shape index (κ3) is 6.83. The van der Waals surface area contributed by atoms with E-state index in [0.717, 1.165) is 31.4 Å². The molecule has 162 valence electrons. The van der Waals surface area contributed by atoms with E-state index in [1.54, 1.807) is 0 Å². The van der Waals surface area contributed by atoms with Gasteiger partial charge >= 0.3 is 0 Å². The van der Waals surface area contributed by atoms with Crippen LogP contribution in [0, 0.1) is 0 Å². The van der Waals surface area contributed by atoms with Crippen molar-refractivity contribution in [2.24, 2.45) is 0 Å². The lowest BCUT2D eigenvalue weighted by atomic mass is 10.2. The van der Waals surface area contributed by atoms with Crippen LogP contribution >= 0.6 is 0 Å². The molecule has 0 radical (unpaired) electrons. The minimum Gasteiger partial charge on any atom is -0.494 e. The molecule has 0 spiro atoms. The first-order valence-electron chi connectivity index (χ1n) is 10.2. The Balaban J connectivity index is 1.37. The minimum absolute atomic E-state index is 0.0667. The molecular formula is C22H28N2O5S. The summed E-state index contributed by atoms with van der Waals surface area (Å²) < 4.78 is 38.3. The van der Waals surface area contributed by atoms with E-state index in [4.69, 9.17) is 9.47 Å². The number of rotatable bonds is 11. The Morgan fingerprint density at radius 1 is 1.07 bits per heavy atom. The zero-order chi connectivity index (χ0) is 21.2. The first kappa shape index (κ1) is 22.3. The topological polar surface area (TPSA) is 93.7 Å². The van der Waals surface area contributed by atoms with E-state index in [0.29, 0.717) is 25.3 Å². The van der Waals surface area contributed by atoms with Crippen LogP contribution in [0.25, 0.3) is 0 Å². The number of hydrogen-bond acceptors (Lipinski definition) is 5. The zero-order valence-corrected chi connectivity index (χ0v) is 17.7. The van der Waals surface area contributed by atoms with Gasteiger partial charge < -0.3 is 14.8 Å². The van der Waals surface area contributed by atoms with Gasteiger partial charge in [0.2, 0.25) is 10.0 Å². The van der Waals surface area contributed by atoms with Crippen molar-refractivity contribution in [2.45, 2.75) is 36.7 Å². The van der Waals surface area contributed by atoms with Gasteiger partial charge in [0.1, 0.15) is 5.75 Å². The van der Waals surface area contributed by atoms with Crippen molar-refractivity contribution in [3.05, 3.63) is 60.2 Å². The molecule has 0 saturated carbocycles. The van der Waals surface area contributed by atoms with E-state index in [-0.39, 0.29) is 23.5 Å². The van der Waals surface area contributed by atoms with Gasteiger partial charge in [-0.2, -0.15) is 0 Å². The van der Waals surface area contributed by atoms with Crippen molar-refractivity contribution in [3.63, 3.8) is 0 Å². The summed E-state index contributed by atoms with van der Waals surface area (Å²) >= 11 is 0. The Kier molecular flexibility index (Phi) is 8.24. The monoisotopic (exact) mass is 432 g/mol. The Morgan fingerprint density at radius 2 is 1.83 bits per heavy atom. The number of sulfonamides is 1. The highest BCUT2D eigenvalue weighted by Gasteiger charge is 2.20.